The largest absolute Gasteiger partial charge is 0.387 e. The van der Waals surface area contributed by atoms with E-state index >= 15 is 0 Å². The molecule has 0 spiro atoms. The lowest BCUT2D eigenvalue weighted by atomic mass is 9.79. The Morgan fingerprint density at radius 3 is 2.80 bits per heavy atom. The Bertz CT molecular complexity index is 414. The van der Waals surface area contributed by atoms with E-state index in [4.69, 9.17) is 0 Å². The third-order valence-electron chi connectivity index (χ3n) is 4.26. The fourth-order valence-corrected chi connectivity index (χ4v) is 3.61. The van der Waals surface area contributed by atoms with E-state index in [1.54, 1.807) is 11.3 Å². The van der Waals surface area contributed by atoms with Crippen molar-refractivity contribution in [2.24, 2.45) is 0 Å². The van der Waals surface area contributed by atoms with Gasteiger partial charge in [0.05, 0.1) is 6.10 Å². The molecule has 20 heavy (non-hydrogen) atoms. The molecule has 0 saturated heterocycles. The number of nitrogens with one attached hydrogen (secondary N) is 2. The van der Waals surface area contributed by atoms with Crippen molar-refractivity contribution in [2.75, 3.05) is 13.6 Å². The van der Waals surface area contributed by atoms with E-state index < -0.39 is 6.10 Å². The van der Waals surface area contributed by atoms with Gasteiger partial charge in [0.2, 0.25) is 5.91 Å². The van der Waals surface area contributed by atoms with Crippen molar-refractivity contribution in [3.8, 4) is 0 Å². The smallest absolute Gasteiger partial charge is 0.221 e. The summed E-state index contributed by atoms with van der Waals surface area (Å²) in [6.45, 7) is 0.287. The number of hydrogen-bond donors (Lipinski definition) is 3. The summed E-state index contributed by atoms with van der Waals surface area (Å²) in [7, 11) is 1.94. The van der Waals surface area contributed by atoms with Crippen LogP contribution in [0.2, 0.25) is 0 Å². The van der Waals surface area contributed by atoms with Crippen LogP contribution in [0.4, 0.5) is 0 Å². The standard InChI is InChI=1S/C15H24N2O2S/c1-16-15(6-3-2-4-7-15)9-14(19)17-10-13(18)12-5-8-20-11-12/h5,8,11,13,16,18H,2-4,6-7,9-10H2,1H3,(H,17,19). The second kappa shape index (κ2) is 7.20. The van der Waals surface area contributed by atoms with Crippen LogP contribution in [0, 0.1) is 0 Å². The summed E-state index contributed by atoms with van der Waals surface area (Å²) in [5.74, 6) is 0.0236. The van der Waals surface area contributed by atoms with Gasteiger partial charge in [-0.15, -0.1) is 0 Å². The second-order valence-electron chi connectivity index (χ2n) is 5.64. The van der Waals surface area contributed by atoms with Crippen LogP contribution in [0.5, 0.6) is 0 Å². The summed E-state index contributed by atoms with van der Waals surface area (Å²) in [6, 6.07) is 1.89. The first-order chi connectivity index (χ1) is 9.65. The van der Waals surface area contributed by atoms with Crippen LogP contribution >= 0.6 is 11.3 Å². The highest BCUT2D eigenvalue weighted by atomic mass is 32.1. The second-order valence-corrected chi connectivity index (χ2v) is 6.42. The molecule has 1 amide bonds. The van der Waals surface area contributed by atoms with E-state index in [1.807, 2.05) is 23.9 Å². The number of amides is 1. The first kappa shape index (κ1) is 15.5. The maximum Gasteiger partial charge on any atom is 0.221 e. The first-order valence-corrected chi connectivity index (χ1v) is 8.25. The summed E-state index contributed by atoms with van der Waals surface area (Å²) >= 11 is 1.55. The SMILES string of the molecule is CNC1(CC(=O)NCC(O)c2ccsc2)CCCCC1. The summed E-state index contributed by atoms with van der Waals surface area (Å²) in [6.07, 6.45) is 5.65. The highest BCUT2D eigenvalue weighted by Crippen LogP contribution is 2.30. The maximum absolute atomic E-state index is 12.1. The summed E-state index contributed by atoms with van der Waals surface area (Å²) < 4.78 is 0. The predicted octanol–water partition coefficient (Wildman–Crippen LogP) is 2.21. The summed E-state index contributed by atoms with van der Waals surface area (Å²) in [5.41, 5.74) is 0.826. The normalized spacial score (nSPS) is 19.5. The molecule has 0 bridgehead atoms. The maximum atomic E-state index is 12.1. The van der Waals surface area contributed by atoms with Crippen LogP contribution in [0.25, 0.3) is 0 Å². The van der Waals surface area contributed by atoms with Gasteiger partial charge in [-0.05, 0) is 42.3 Å². The average Bonchev–Trinajstić information content (AvgIpc) is 3.00. The van der Waals surface area contributed by atoms with E-state index in [2.05, 4.69) is 10.6 Å². The molecule has 1 aromatic heterocycles. The van der Waals surface area contributed by atoms with Gasteiger partial charge in [0, 0.05) is 18.5 Å². The highest BCUT2D eigenvalue weighted by Gasteiger charge is 2.32. The molecule has 3 N–H and O–H groups in total. The van der Waals surface area contributed by atoms with Gasteiger partial charge >= 0.3 is 0 Å². The van der Waals surface area contributed by atoms with Crippen molar-refractivity contribution in [2.45, 2.75) is 50.2 Å². The number of thiophene rings is 1. The van der Waals surface area contributed by atoms with Crippen molar-refractivity contribution in [1.29, 1.82) is 0 Å². The van der Waals surface area contributed by atoms with Crippen LogP contribution in [0.1, 0.15) is 50.2 Å². The van der Waals surface area contributed by atoms with Crippen LogP contribution < -0.4 is 10.6 Å². The molecule has 2 rings (SSSR count). The third kappa shape index (κ3) is 4.04. The van der Waals surface area contributed by atoms with Crippen LogP contribution in [-0.4, -0.2) is 30.1 Å². The molecule has 1 heterocycles. The van der Waals surface area contributed by atoms with E-state index in [1.165, 1.54) is 19.3 Å². The molecule has 5 heteroatoms. The lowest BCUT2D eigenvalue weighted by Gasteiger charge is -2.36. The van der Waals surface area contributed by atoms with E-state index in [0.717, 1.165) is 18.4 Å². The van der Waals surface area contributed by atoms with E-state index in [0.29, 0.717) is 6.42 Å². The fraction of sp³-hybridized carbons (Fsp3) is 0.667. The Morgan fingerprint density at radius 2 is 2.20 bits per heavy atom. The molecule has 1 fully saturated rings. The van der Waals surface area contributed by atoms with Crippen molar-refractivity contribution < 1.29 is 9.90 Å². The zero-order valence-corrected chi connectivity index (χ0v) is 12.8. The molecule has 4 nitrogen and oxygen atoms in total. The minimum atomic E-state index is -0.609. The number of aliphatic hydroxyl groups is 1. The number of carbonyl (C=O) groups excluding carboxylic acids is 1. The highest BCUT2D eigenvalue weighted by molar-refractivity contribution is 7.07. The quantitative estimate of drug-likeness (QED) is 0.754. The molecule has 1 aliphatic rings. The van der Waals surface area contributed by atoms with Crippen molar-refractivity contribution >= 4 is 17.2 Å². The van der Waals surface area contributed by atoms with Crippen molar-refractivity contribution in [3.63, 3.8) is 0 Å². The summed E-state index contributed by atoms with van der Waals surface area (Å²) in [4.78, 5) is 12.1. The number of aliphatic hydroxyl groups excluding tert-OH is 1. The van der Waals surface area contributed by atoms with Crippen LogP contribution in [-0.2, 0) is 4.79 Å². The third-order valence-corrected chi connectivity index (χ3v) is 4.96. The average molecular weight is 296 g/mol. The Kier molecular flexibility index (Phi) is 5.57. The monoisotopic (exact) mass is 296 g/mol. The molecule has 0 radical (unpaired) electrons. The van der Waals surface area contributed by atoms with E-state index in [-0.39, 0.29) is 18.0 Å². The van der Waals surface area contributed by atoms with E-state index in [9.17, 15) is 9.90 Å². The van der Waals surface area contributed by atoms with Crippen molar-refractivity contribution in [3.05, 3.63) is 22.4 Å². The van der Waals surface area contributed by atoms with Gasteiger partial charge in [-0.25, -0.2) is 0 Å². The Labute approximate surface area is 124 Å². The summed E-state index contributed by atoms with van der Waals surface area (Å²) in [5, 5.41) is 20.0. The lowest BCUT2D eigenvalue weighted by Crippen LogP contribution is -2.48. The van der Waals surface area contributed by atoms with Crippen LogP contribution in [0.15, 0.2) is 16.8 Å². The minimum Gasteiger partial charge on any atom is -0.387 e. The molecular formula is C15H24N2O2S. The zero-order valence-electron chi connectivity index (χ0n) is 12.0. The van der Waals surface area contributed by atoms with Crippen LogP contribution in [0.3, 0.4) is 0 Å². The minimum absolute atomic E-state index is 0.0236. The Balaban J connectivity index is 1.79. The Hall–Kier alpha value is -0.910. The first-order valence-electron chi connectivity index (χ1n) is 7.31. The molecule has 0 aromatic carbocycles. The molecular weight excluding hydrogens is 272 g/mol. The molecule has 1 aliphatic carbocycles. The topological polar surface area (TPSA) is 61.4 Å². The predicted molar refractivity (Wildman–Crippen MR) is 81.8 cm³/mol. The number of hydrogen-bond acceptors (Lipinski definition) is 4. The van der Waals surface area contributed by atoms with Gasteiger partial charge in [0.15, 0.2) is 0 Å². The van der Waals surface area contributed by atoms with Gasteiger partial charge in [0.25, 0.3) is 0 Å². The molecule has 1 aromatic rings. The molecule has 1 saturated carbocycles. The molecule has 112 valence electrons. The van der Waals surface area contributed by atoms with Gasteiger partial charge in [-0.1, -0.05) is 19.3 Å². The molecule has 1 unspecified atom stereocenters. The fourth-order valence-electron chi connectivity index (χ4n) is 2.91. The van der Waals surface area contributed by atoms with Gasteiger partial charge in [-0.3, -0.25) is 4.79 Å². The molecule has 0 aliphatic heterocycles. The van der Waals surface area contributed by atoms with Crippen molar-refractivity contribution in [1.82, 2.24) is 10.6 Å². The van der Waals surface area contributed by atoms with Gasteiger partial charge in [-0.2, -0.15) is 11.3 Å². The van der Waals surface area contributed by atoms with Gasteiger partial charge in [0.1, 0.15) is 0 Å². The lowest BCUT2D eigenvalue weighted by molar-refractivity contribution is -0.123. The number of carbonyl (C=O) groups is 1. The zero-order chi connectivity index (χ0) is 14.4. The number of rotatable bonds is 6. The Morgan fingerprint density at radius 1 is 1.45 bits per heavy atom. The van der Waals surface area contributed by atoms with Gasteiger partial charge < -0.3 is 15.7 Å². The molecule has 1 atom stereocenters.